The molecular weight excluding hydrogens is 359 g/mol. The Morgan fingerprint density at radius 3 is 2.96 bits per heavy atom. The van der Waals surface area contributed by atoms with E-state index in [-0.39, 0.29) is 11.7 Å². The zero-order valence-corrected chi connectivity index (χ0v) is 15.7. The molecule has 2 aromatic rings. The van der Waals surface area contributed by atoms with Gasteiger partial charge in [-0.1, -0.05) is 42.2 Å². The molecule has 1 atom stereocenters. The maximum absolute atomic E-state index is 12.9. The van der Waals surface area contributed by atoms with Crippen molar-refractivity contribution in [1.82, 2.24) is 15.1 Å². The van der Waals surface area contributed by atoms with Gasteiger partial charge in [-0.05, 0) is 36.5 Å². The molecule has 0 saturated carbocycles. The normalized spacial score (nSPS) is 17.5. The van der Waals surface area contributed by atoms with Crippen LogP contribution in [0.2, 0.25) is 0 Å². The van der Waals surface area contributed by atoms with Crippen molar-refractivity contribution in [2.45, 2.75) is 30.6 Å². The number of carbonyl (C=O) groups excluding carboxylic acids is 1. The number of hydrogen-bond donors (Lipinski definition) is 1. The van der Waals surface area contributed by atoms with E-state index in [0.29, 0.717) is 23.3 Å². The monoisotopic (exact) mass is 380 g/mol. The molecule has 0 radical (unpaired) electrons. The quantitative estimate of drug-likeness (QED) is 0.776. The van der Waals surface area contributed by atoms with Gasteiger partial charge in [-0.2, -0.15) is 0 Å². The molecule has 1 aromatic carbocycles. The first-order valence-corrected chi connectivity index (χ1v) is 10.1. The zero-order chi connectivity index (χ0) is 17.6. The van der Waals surface area contributed by atoms with E-state index in [0.717, 1.165) is 29.4 Å². The lowest BCUT2D eigenvalue weighted by atomic mass is 10.0. The van der Waals surface area contributed by atoms with Gasteiger partial charge in [-0.25, -0.2) is 4.39 Å². The van der Waals surface area contributed by atoms with Crippen LogP contribution in [0.3, 0.4) is 0 Å². The van der Waals surface area contributed by atoms with Crippen LogP contribution in [-0.4, -0.2) is 39.8 Å². The highest BCUT2D eigenvalue weighted by Crippen LogP contribution is 2.26. The predicted octanol–water partition coefficient (Wildman–Crippen LogP) is 3.64. The molecule has 1 saturated heterocycles. The third-order valence-electron chi connectivity index (χ3n) is 4.09. The minimum atomic E-state index is -0.244. The molecular formula is C17H21FN4OS2. The van der Waals surface area contributed by atoms with Gasteiger partial charge in [-0.3, -0.25) is 4.79 Å². The third kappa shape index (κ3) is 5.40. The van der Waals surface area contributed by atoms with E-state index in [4.69, 9.17) is 0 Å². The molecule has 3 rings (SSSR count). The number of halogens is 1. The van der Waals surface area contributed by atoms with Crippen LogP contribution in [-0.2, 0) is 11.3 Å². The highest BCUT2D eigenvalue weighted by Gasteiger charge is 2.21. The molecule has 0 aliphatic carbocycles. The van der Waals surface area contributed by atoms with E-state index in [1.165, 1.54) is 41.7 Å². The smallest absolute Gasteiger partial charge is 0.233 e. The summed E-state index contributed by atoms with van der Waals surface area (Å²) in [4.78, 5) is 14.2. The molecule has 5 nitrogen and oxygen atoms in total. The number of aromatic nitrogens is 2. The number of nitrogens with zero attached hydrogens (tertiary/aromatic N) is 3. The van der Waals surface area contributed by atoms with Gasteiger partial charge < -0.3 is 10.2 Å². The number of hydrogen-bond acceptors (Lipinski definition) is 6. The lowest BCUT2D eigenvalue weighted by Crippen LogP contribution is -2.40. The van der Waals surface area contributed by atoms with E-state index < -0.39 is 0 Å². The Balaban J connectivity index is 1.45. The van der Waals surface area contributed by atoms with E-state index in [1.807, 2.05) is 4.90 Å². The first-order chi connectivity index (χ1) is 12.1. The molecule has 1 aliphatic heterocycles. The van der Waals surface area contributed by atoms with Gasteiger partial charge >= 0.3 is 0 Å². The topological polar surface area (TPSA) is 58.1 Å². The van der Waals surface area contributed by atoms with Gasteiger partial charge in [0.15, 0.2) is 4.34 Å². The summed E-state index contributed by atoms with van der Waals surface area (Å²) in [7, 11) is 0. The summed E-state index contributed by atoms with van der Waals surface area (Å²) >= 11 is 2.86. The summed E-state index contributed by atoms with van der Waals surface area (Å²) in [5.41, 5.74) is 0.972. The number of carbonyl (C=O) groups is 1. The molecule has 1 N–H and O–H groups in total. The van der Waals surface area contributed by atoms with Crippen molar-refractivity contribution in [3.63, 3.8) is 0 Å². The fraction of sp³-hybridized carbons (Fsp3) is 0.471. The van der Waals surface area contributed by atoms with Crippen LogP contribution in [0.15, 0.2) is 28.6 Å². The third-order valence-corrected chi connectivity index (χ3v) is 6.09. The van der Waals surface area contributed by atoms with E-state index in [2.05, 4.69) is 22.4 Å². The maximum atomic E-state index is 12.9. The lowest BCUT2D eigenvalue weighted by Gasteiger charge is -2.30. The van der Waals surface area contributed by atoms with Crippen molar-refractivity contribution in [2.75, 3.05) is 24.2 Å². The second-order valence-electron chi connectivity index (χ2n) is 6.23. The van der Waals surface area contributed by atoms with Gasteiger partial charge in [0.1, 0.15) is 5.82 Å². The van der Waals surface area contributed by atoms with Crippen molar-refractivity contribution >= 4 is 34.1 Å². The molecule has 0 bridgehead atoms. The summed E-state index contributed by atoms with van der Waals surface area (Å²) in [6, 6.07) is 6.34. The van der Waals surface area contributed by atoms with Crippen molar-refractivity contribution in [1.29, 1.82) is 0 Å². The highest BCUT2D eigenvalue weighted by atomic mass is 32.2. The fourth-order valence-corrected chi connectivity index (χ4v) is 4.40. The fourth-order valence-electron chi connectivity index (χ4n) is 2.75. The van der Waals surface area contributed by atoms with Crippen molar-refractivity contribution < 1.29 is 9.18 Å². The number of benzene rings is 1. The van der Waals surface area contributed by atoms with Gasteiger partial charge in [0.2, 0.25) is 11.0 Å². The van der Waals surface area contributed by atoms with Gasteiger partial charge in [0, 0.05) is 19.6 Å². The molecule has 1 aromatic heterocycles. The van der Waals surface area contributed by atoms with Crippen molar-refractivity contribution in [3.8, 4) is 0 Å². The minimum Gasteiger partial charge on any atom is -0.356 e. The van der Waals surface area contributed by atoms with Crippen LogP contribution in [0.1, 0.15) is 25.3 Å². The Morgan fingerprint density at radius 2 is 2.20 bits per heavy atom. The number of thioether (sulfide) groups is 1. The van der Waals surface area contributed by atoms with Crippen LogP contribution in [0, 0.1) is 11.7 Å². The summed E-state index contributed by atoms with van der Waals surface area (Å²) in [5.74, 6) is 0.921. The molecule has 0 spiro atoms. The number of amides is 1. The van der Waals surface area contributed by atoms with E-state index in [1.54, 1.807) is 12.1 Å². The van der Waals surface area contributed by atoms with E-state index in [9.17, 15) is 9.18 Å². The Labute approximate surface area is 155 Å². The Kier molecular flexibility index (Phi) is 6.25. The molecule has 8 heteroatoms. The summed E-state index contributed by atoms with van der Waals surface area (Å²) in [5, 5.41) is 12.1. The molecule has 1 amide bonds. The van der Waals surface area contributed by atoms with Gasteiger partial charge in [0.25, 0.3) is 0 Å². The number of piperidine rings is 1. The molecule has 25 heavy (non-hydrogen) atoms. The maximum Gasteiger partial charge on any atom is 0.233 e. The van der Waals surface area contributed by atoms with Crippen LogP contribution >= 0.6 is 23.1 Å². The molecule has 134 valence electrons. The second-order valence-corrected chi connectivity index (χ2v) is 8.43. The van der Waals surface area contributed by atoms with Gasteiger partial charge in [-0.15, -0.1) is 10.2 Å². The number of anilines is 1. The highest BCUT2D eigenvalue weighted by molar-refractivity contribution is 8.01. The Hall–Kier alpha value is -1.67. The van der Waals surface area contributed by atoms with Crippen molar-refractivity contribution in [3.05, 3.63) is 35.6 Å². The average molecular weight is 381 g/mol. The summed E-state index contributed by atoms with van der Waals surface area (Å²) in [6.45, 7) is 4.48. The lowest BCUT2D eigenvalue weighted by molar-refractivity contribution is -0.130. The average Bonchev–Trinajstić information content (AvgIpc) is 3.07. The largest absolute Gasteiger partial charge is 0.356 e. The van der Waals surface area contributed by atoms with Crippen molar-refractivity contribution in [2.24, 2.45) is 5.92 Å². The first kappa shape index (κ1) is 18.1. The number of likely N-dealkylation sites (tertiary alicyclic amines) is 1. The standard InChI is InChI=1S/C17H21FN4OS2/c1-12-3-2-8-22(10-12)15(23)11-24-17-21-20-16(25-17)19-9-13-4-6-14(18)7-5-13/h4-7,12H,2-3,8-11H2,1H3,(H,19,20). The van der Waals surface area contributed by atoms with Crippen LogP contribution in [0.5, 0.6) is 0 Å². The molecule has 1 aliphatic rings. The van der Waals surface area contributed by atoms with E-state index >= 15 is 0 Å². The molecule has 1 unspecified atom stereocenters. The summed E-state index contributed by atoms with van der Waals surface area (Å²) < 4.78 is 13.7. The number of rotatable bonds is 6. The Bertz CT molecular complexity index is 707. The van der Waals surface area contributed by atoms with Crippen LogP contribution in [0.25, 0.3) is 0 Å². The van der Waals surface area contributed by atoms with Crippen LogP contribution < -0.4 is 5.32 Å². The molecule has 1 fully saturated rings. The minimum absolute atomic E-state index is 0.174. The predicted molar refractivity (Wildman–Crippen MR) is 99.3 cm³/mol. The first-order valence-electron chi connectivity index (χ1n) is 8.32. The second kappa shape index (κ2) is 8.62. The van der Waals surface area contributed by atoms with Gasteiger partial charge in [0.05, 0.1) is 5.75 Å². The number of nitrogens with one attached hydrogen (secondary N) is 1. The summed E-state index contributed by atoms with van der Waals surface area (Å²) in [6.07, 6.45) is 2.30. The van der Waals surface area contributed by atoms with Crippen LogP contribution in [0.4, 0.5) is 9.52 Å². The SMILES string of the molecule is CC1CCCN(C(=O)CSc2nnc(NCc3ccc(F)cc3)s2)C1. The zero-order valence-electron chi connectivity index (χ0n) is 14.1. The Morgan fingerprint density at radius 1 is 1.40 bits per heavy atom. The molecule has 2 heterocycles.